The molecule has 1 aromatic heterocycles. The normalized spacial score (nSPS) is 11.4. The van der Waals surface area contributed by atoms with Crippen LogP contribution in [0.4, 0.5) is 0 Å². The number of aryl methyl sites for hydroxylation is 1. The van der Waals surface area contributed by atoms with Crippen LogP contribution in [0.3, 0.4) is 0 Å². The summed E-state index contributed by atoms with van der Waals surface area (Å²) < 4.78 is 31.7. The SMILES string of the molecule is CCc1cc(OS(=O)(=O)c2ccccc2)n(-c2cccc(Cl)c2)n1. The van der Waals surface area contributed by atoms with Gasteiger partial charge in [-0.1, -0.05) is 42.8 Å². The number of hydrogen-bond donors (Lipinski definition) is 0. The van der Waals surface area contributed by atoms with E-state index in [1.807, 2.05) is 6.92 Å². The Balaban J connectivity index is 2.04. The third-order valence-electron chi connectivity index (χ3n) is 3.37. The number of rotatable bonds is 5. The van der Waals surface area contributed by atoms with Crippen molar-refractivity contribution in [2.75, 3.05) is 0 Å². The fraction of sp³-hybridized carbons (Fsp3) is 0.118. The maximum absolute atomic E-state index is 12.5. The summed E-state index contributed by atoms with van der Waals surface area (Å²) in [6, 6.07) is 16.6. The van der Waals surface area contributed by atoms with Crippen molar-refractivity contribution in [3.63, 3.8) is 0 Å². The van der Waals surface area contributed by atoms with Gasteiger partial charge in [0.05, 0.1) is 11.4 Å². The zero-order chi connectivity index (χ0) is 17.2. The van der Waals surface area contributed by atoms with E-state index in [0.29, 0.717) is 22.8 Å². The van der Waals surface area contributed by atoms with Gasteiger partial charge in [-0.3, -0.25) is 0 Å². The summed E-state index contributed by atoms with van der Waals surface area (Å²) >= 11 is 6.02. The molecule has 0 aliphatic carbocycles. The summed E-state index contributed by atoms with van der Waals surface area (Å²) in [4.78, 5) is 0.0851. The van der Waals surface area contributed by atoms with Gasteiger partial charge in [0.2, 0.25) is 5.88 Å². The smallest absolute Gasteiger partial charge is 0.340 e. The van der Waals surface area contributed by atoms with Crippen LogP contribution in [-0.2, 0) is 16.5 Å². The zero-order valence-corrected chi connectivity index (χ0v) is 14.5. The molecule has 2 aromatic carbocycles. The predicted octanol–water partition coefficient (Wildman–Crippen LogP) is 3.86. The molecule has 5 nitrogen and oxygen atoms in total. The van der Waals surface area contributed by atoms with Gasteiger partial charge in [0.25, 0.3) is 0 Å². The van der Waals surface area contributed by atoms with Crippen LogP contribution in [0.1, 0.15) is 12.6 Å². The van der Waals surface area contributed by atoms with Crippen LogP contribution in [0, 0.1) is 0 Å². The zero-order valence-electron chi connectivity index (χ0n) is 12.9. The average Bonchev–Trinajstić information content (AvgIpc) is 2.98. The van der Waals surface area contributed by atoms with Gasteiger partial charge >= 0.3 is 10.1 Å². The van der Waals surface area contributed by atoms with Crippen molar-refractivity contribution in [3.8, 4) is 11.6 Å². The molecule has 0 bridgehead atoms. The molecule has 7 heteroatoms. The van der Waals surface area contributed by atoms with Gasteiger partial charge in [-0.25, -0.2) is 0 Å². The van der Waals surface area contributed by atoms with Crippen LogP contribution in [0.2, 0.25) is 5.02 Å². The molecule has 0 atom stereocenters. The Morgan fingerprint density at radius 2 is 1.83 bits per heavy atom. The second-order valence-corrected chi connectivity index (χ2v) is 7.05. The molecule has 24 heavy (non-hydrogen) atoms. The van der Waals surface area contributed by atoms with E-state index in [4.69, 9.17) is 15.8 Å². The second-order valence-electron chi connectivity index (χ2n) is 5.07. The molecule has 0 fully saturated rings. The fourth-order valence-electron chi connectivity index (χ4n) is 2.18. The molecule has 3 rings (SSSR count). The highest BCUT2D eigenvalue weighted by molar-refractivity contribution is 7.87. The summed E-state index contributed by atoms with van der Waals surface area (Å²) in [5.74, 6) is 0.123. The first-order valence-electron chi connectivity index (χ1n) is 7.34. The van der Waals surface area contributed by atoms with Crippen molar-refractivity contribution in [2.45, 2.75) is 18.2 Å². The molecule has 0 radical (unpaired) electrons. The van der Waals surface area contributed by atoms with E-state index < -0.39 is 10.1 Å². The van der Waals surface area contributed by atoms with Crippen molar-refractivity contribution in [2.24, 2.45) is 0 Å². The van der Waals surface area contributed by atoms with Crippen LogP contribution < -0.4 is 4.18 Å². The maximum atomic E-state index is 12.5. The van der Waals surface area contributed by atoms with Crippen LogP contribution in [0.15, 0.2) is 65.6 Å². The van der Waals surface area contributed by atoms with Gasteiger partial charge in [0.1, 0.15) is 4.90 Å². The van der Waals surface area contributed by atoms with E-state index in [2.05, 4.69) is 5.10 Å². The highest BCUT2D eigenvalue weighted by Crippen LogP contribution is 2.25. The van der Waals surface area contributed by atoms with Gasteiger partial charge in [-0.15, -0.1) is 0 Å². The van der Waals surface area contributed by atoms with Crippen LogP contribution in [0.5, 0.6) is 5.88 Å². The van der Waals surface area contributed by atoms with Gasteiger partial charge in [0.15, 0.2) is 0 Å². The first-order valence-corrected chi connectivity index (χ1v) is 9.12. The van der Waals surface area contributed by atoms with Crippen molar-refractivity contribution in [1.29, 1.82) is 0 Å². The van der Waals surface area contributed by atoms with E-state index in [9.17, 15) is 8.42 Å². The molecular formula is C17H15ClN2O3S. The van der Waals surface area contributed by atoms with Crippen molar-refractivity contribution in [3.05, 3.63) is 71.4 Å². The topological polar surface area (TPSA) is 61.2 Å². The molecule has 0 aliphatic rings. The van der Waals surface area contributed by atoms with Crippen LogP contribution >= 0.6 is 11.6 Å². The van der Waals surface area contributed by atoms with Gasteiger partial charge in [-0.05, 0) is 36.8 Å². The third kappa shape index (κ3) is 3.44. The lowest BCUT2D eigenvalue weighted by atomic mass is 10.3. The lowest BCUT2D eigenvalue weighted by Gasteiger charge is -2.09. The molecule has 0 saturated heterocycles. The average molecular weight is 363 g/mol. The number of hydrogen-bond acceptors (Lipinski definition) is 4. The standard InChI is InChI=1S/C17H15ClN2O3S/c1-2-14-12-17(20(19-14)15-8-6-7-13(18)11-15)23-24(21,22)16-9-4-3-5-10-16/h3-12H,2H2,1H3. The monoisotopic (exact) mass is 362 g/mol. The lowest BCUT2D eigenvalue weighted by Crippen LogP contribution is -2.12. The van der Waals surface area contributed by atoms with Crippen molar-refractivity contribution in [1.82, 2.24) is 9.78 Å². The maximum Gasteiger partial charge on any atom is 0.340 e. The van der Waals surface area contributed by atoms with E-state index in [1.54, 1.807) is 48.5 Å². The summed E-state index contributed by atoms with van der Waals surface area (Å²) in [6.45, 7) is 1.93. The first kappa shape index (κ1) is 16.5. The summed E-state index contributed by atoms with van der Waals surface area (Å²) in [7, 11) is -3.94. The fourth-order valence-corrected chi connectivity index (χ4v) is 3.30. The predicted molar refractivity (Wildman–Crippen MR) is 92.2 cm³/mol. The molecule has 124 valence electrons. The molecule has 3 aromatic rings. The minimum absolute atomic E-state index is 0.0851. The van der Waals surface area contributed by atoms with E-state index in [1.165, 1.54) is 16.8 Å². The minimum Gasteiger partial charge on any atom is -0.358 e. The quantitative estimate of drug-likeness (QED) is 0.647. The Morgan fingerprint density at radius 3 is 2.50 bits per heavy atom. The number of halogens is 1. The van der Waals surface area contributed by atoms with E-state index in [-0.39, 0.29) is 10.8 Å². The Hall–Kier alpha value is -2.31. The van der Waals surface area contributed by atoms with Gasteiger partial charge in [-0.2, -0.15) is 18.2 Å². The molecular weight excluding hydrogens is 348 g/mol. The molecule has 0 unspecified atom stereocenters. The molecule has 0 saturated carbocycles. The van der Waals surface area contributed by atoms with Crippen molar-refractivity contribution < 1.29 is 12.6 Å². The summed E-state index contributed by atoms with van der Waals surface area (Å²) in [5.41, 5.74) is 1.34. The van der Waals surface area contributed by atoms with E-state index in [0.717, 1.165) is 0 Å². The summed E-state index contributed by atoms with van der Waals surface area (Å²) in [5, 5.41) is 4.91. The highest BCUT2D eigenvalue weighted by atomic mass is 35.5. The Labute approximate surface area is 145 Å². The minimum atomic E-state index is -3.94. The molecule has 0 aliphatic heterocycles. The van der Waals surface area contributed by atoms with E-state index >= 15 is 0 Å². The Kier molecular flexibility index (Phi) is 4.59. The molecule has 1 heterocycles. The Morgan fingerprint density at radius 1 is 1.08 bits per heavy atom. The van der Waals surface area contributed by atoms with Crippen LogP contribution in [0.25, 0.3) is 5.69 Å². The second kappa shape index (κ2) is 6.67. The summed E-state index contributed by atoms with van der Waals surface area (Å²) in [6.07, 6.45) is 0.648. The number of nitrogens with zero attached hydrogens (tertiary/aromatic N) is 2. The Bertz CT molecular complexity index is 953. The number of benzene rings is 2. The molecule has 0 amide bonds. The van der Waals surface area contributed by atoms with Gasteiger partial charge < -0.3 is 4.18 Å². The molecule has 0 N–H and O–H groups in total. The molecule has 0 spiro atoms. The van der Waals surface area contributed by atoms with Crippen LogP contribution in [-0.4, -0.2) is 18.2 Å². The number of aromatic nitrogens is 2. The van der Waals surface area contributed by atoms with Crippen molar-refractivity contribution >= 4 is 21.7 Å². The highest BCUT2D eigenvalue weighted by Gasteiger charge is 2.20. The van der Waals surface area contributed by atoms with Gasteiger partial charge in [0, 0.05) is 11.1 Å². The third-order valence-corrected chi connectivity index (χ3v) is 4.84. The first-order chi connectivity index (χ1) is 11.5. The lowest BCUT2D eigenvalue weighted by molar-refractivity contribution is 0.465. The largest absolute Gasteiger partial charge is 0.358 e.